The van der Waals surface area contributed by atoms with E-state index >= 15 is 0 Å². The smallest absolute Gasteiger partial charge is 0.219 e. The van der Waals surface area contributed by atoms with Gasteiger partial charge in [0.15, 0.2) is 5.82 Å². The molecule has 31 heavy (non-hydrogen) atoms. The van der Waals surface area contributed by atoms with Crippen LogP contribution in [0.4, 0.5) is 11.6 Å². The number of aliphatic hydroxyl groups is 1. The van der Waals surface area contributed by atoms with Gasteiger partial charge in [-0.25, -0.2) is 9.97 Å². The van der Waals surface area contributed by atoms with Crippen LogP contribution in [0.3, 0.4) is 0 Å². The minimum atomic E-state index is -0.595. The summed E-state index contributed by atoms with van der Waals surface area (Å²) in [6.07, 6.45) is -0.595. The van der Waals surface area contributed by atoms with Crippen LogP contribution in [0.25, 0.3) is 11.4 Å². The summed E-state index contributed by atoms with van der Waals surface area (Å²) in [7, 11) is 1.78. The summed E-state index contributed by atoms with van der Waals surface area (Å²) >= 11 is 0. The molecule has 1 aromatic heterocycles. The SMILES string of the molecule is CNCC(O)COc1cccc(-c2nc(N)c(C)c(N3CCN(C(C)=O)[C@@H](C)C3)n2)c1. The van der Waals surface area contributed by atoms with Crippen molar-refractivity contribution >= 4 is 17.5 Å². The number of nitrogens with one attached hydrogen (secondary N) is 1. The average Bonchev–Trinajstić information content (AvgIpc) is 2.74. The molecule has 2 heterocycles. The fourth-order valence-corrected chi connectivity index (χ4v) is 3.79. The van der Waals surface area contributed by atoms with Gasteiger partial charge in [0.1, 0.15) is 30.1 Å². The molecule has 0 aliphatic carbocycles. The maximum absolute atomic E-state index is 11.8. The van der Waals surface area contributed by atoms with Gasteiger partial charge < -0.3 is 30.7 Å². The molecule has 3 rings (SSSR count). The van der Waals surface area contributed by atoms with Crippen LogP contribution in [-0.2, 0) is 4.79 Å². The number of rotatable bonds is 7. The van der Waals surface area contributed by atoms with Crippen molar-refractivity contribution in [2.24, 2.45) is 0 Å². The normalized spacial score (nSPS) is 17.5. The number of hydrogen-bond donors (Lipinski definition) is 3. The van der Waals surface area contributed by atoms with Crippen LogP contribution in [0, 0.1) is 6.92 Å². The van der Waals surface area contributed by atoms with E-state index in [-0.39, 0.29) is 18.6 Å². The number of ether oxygens (including phenoxy) is 1. The molecule has 1 saturated heterocycles. The molecule has 2 atom stereocenters. The lowest BCUT2D eigenvalue weighted by molar-refractivity contribution is -0.131. The van der Waals surface area contributed by atoms with Gasteiger partial charge in [-0.15, -0.1) is 0 Å². The highest BCUT2D eigenvalue weighted by molar-refractivity contribution is 5.74. The molecule has 4 N–H and O–H groups in total. The van der Waals surface area contributed by atoms with Gasteiger partial charge in [-0.05, 0) is 33.0 Å². The van der Waals surface area contributed by atoms with E-state index in [4.69, 9.17) is 15.5 Å². The van der Waals surface area contributed by atoms with E-state index in [9.17, 15) is 9.90 Å². The first kappa shape index (κ1) is 22.8. The van der Waals surface area contributed by atoms with Gasteiger partial charge in [0.2, 0.25) is 5.91 Å². The Balaban J connectivity index is 1.83. The second-order valence-electron chi connectivity index (χ2n) is 7.94. The summed E-state index contributed by atoms with van der Waals surface area (Å²) in [5, 5.41) is 12.8. The van der Waals surface area contributed by atoms with Crippen molar-refractivity contribution < 1.29 is 14.6 Å². The van der Waals surface area contributed by atoms with Crippen molar-refractivity contribution in [3.8, 4) is 17.1 Å². The maximum atomic E-state index is 11.8. The predicted molar refractivity (Wildman–Crippen MR) is 121 cm³/mol. The number of hydrogen-bond acceptors (Lipinski definition) is 8. The number of anilines is 2. The van der Waals surface area contributed by atoms with Crippen LogP contribution < -0.4 is 20.7 Å². The van der Waals surface area contributed by atoms with Crippen molar-refractivity contribution in [1.82, 2.24) is 20.2 Å². The van der Waals surface area contributed by atoms with Crippen LogP contribution in [0.1, 0.15) is 19.4 Å². The van der Waals surface area contributed by atoms with Crippen LogP contribution in [0.15, 0.2) is 24.3 Å². The van der Waals surface area contributed by atoms with Crippen molar-refractivity contribution in [3.63, 3.8) is 0 Å². The zero-order valence-electron chi connectivity index (χ0n) is 18.6. The number of amides is 1. The molecule has 168 valence electrons. The first-order valence-corrected chi connectivity index (χ1v) is 10.5. The van der Waals surface area contributed by atoms with E-state index in [1.165, 1.54) is 0 Å². The Kier molecular flexibility index (Phi) is 7.29. The standard InChI is InChI=1S/C22H32N6O3/c1-14-12-27(8-9-28(14)16(3)29)22-15(2)20(23)25-21(26-22)17-6-5-7-19(10-17)31-13-18(30)11-24-4/h5-7,10,14,18,24,30H,8-9,11-13H2,1-4H3,(H2,23,25,26)/t14-,18?/m0/s1. The number of nitrogens with zero attached hydrogens (tertiary/aromatic N) is 4. The maximum Gasteiger partial charge on any atom is 0.219 e. The van der Waals surface area contributed by atoms with Gasteiger partial charge in [-0.2, -0.15) is 0 Å². The summed E-state index contributed by atoms with van der Waals surface area (Å²) < 4.78 is 5.71. The molecule has 1 unspecified atom stereocenters. The van der Waals surface area contributed by atoms with Gasteiger partial charge >= 0.3 is 0 Å². The number of aliphatic hydroxyl groups excluding tert-OH is 1. The Morgan fingerprint density at radius 2 is 2.16 bits per heavy atom. The van der Waals surface area contributed by atoms with Gasteiger partial charge in [-0.3, -0.25) is 4.79 Å². The molecule has 0 spiro atoms. The van der Waals surface area contributed by atoms with Crippen molar-refractivity contribution in [2.45, 2.75) is 32.9 Å². The zero-order chi connectivity index (χ0) is 22.5. The fourth-order valence-electron chi connectivity index (χ4n) is 3.79. The molecular weight excluding hydrogens is 396 g/mol. The molecule has 2 aromatic rings. The molecule has 9 heteroatoms. The van der Waals surface area contributed by atoms with E-state index in [0.717, 1.165) is 16.9 Å². The Labute approximate surface area is 183 Å². The lowest BCUT2D eigenvalue weighted by atomic mass is 10.1. The molecule has 1 aliphatic heterocycles. The van der Waals surface area contributed by atoms with E-state index < -0.39 is 6.10 Å². The summed E-state index contributed by atoms with van der Waals surface area (Å²) in [6.45, 7) is 8.21. The number of carbonyl (C=O) groups excluding carboxylic acids is 1. The van der Waals surface area contributed by atoms with Gasteiger partial charge in [-0.1, -0.05) is 12.1 Å². The Hall–Kier alpha value is -2.91. The van der Waals surface area contributed by atoms with Crippen LogP contribution in [0.5, 0.6) is 5.75 Å². The molecule has 1 aliphatic rings. The van der Waals surface area contributed by atoms with Crippen LogP contribution in [-0.4, -0.2) is 77.9 Å². The Morgan fingerprint density at radius 1 is 1.39 bits per heavy atom. The predicted octanol–water partition coefficient (Wildman–Crippen LogP) is 1.05. The van der Waals surface area contributed by atoms with Gasteiger partial charge in [0.05, 0.1) is 0 Å². The average molecular weight is 429 g/mol. The molecule has 1 amide bonds. The number of carbonyl (C=O) groups is 1. The summed E-state index contributed by atoms with van der Waals surface area (Å²) in [4.78, 5) is 25.1. The second-order valence-corrected chi connectivity index (χ2v) is 7.94. The van der Waals surface area contributed by atoms with Crippen molar-refractivity contribution in [2.75, 3.05) is 50.5 Å². The van der Waals surface area contributed by atoms with E-state index in [2.05, 4.69) is 15.2 Å². The highest BCUT2D eigenvalue weighted by atomic mass is 16.5. The van der Waals surface area contributed by atoms with E-state index in [1.54, 1.807) is 14.0 Å². The minimum Gasteiger partial charge on any atom is -0.491 e. The third-order valence-corrected chi connectivity index (χ3v) is 5.46. The molecule has 9 nitrogen and oxygen atoms in total. The number of likely N-dealkylation sites (N-methyl/N-ethyl adjacent to an activating group) is 1. The highest BCUT2D eigenvalue weighted by Crippen LogP contribution is 2.29. The molecule has 1 fully saturated rings. The van der Waals surface area contributed by atoms with Crippen LogP contribution in [0.2, 0.25) is 0 Å². The van der Waals surface area contributed by atoms with E-state index in [0.29, 0.717) is 43.6 Å². The summed E-state index contributed by atoms with van der Waals surface area (Å²) in [5.74, 6) is 2.44. The van der Waals surface area contributed by atoms with Gasteiger partial charge in [0.25, 0.3) is 0 Å². The van der Waals surface area contributed by atoms with Gasteiger partial charge in [0, 0.05) is 50.3 Å². The van der Waals surface area contributed by atoms with Crippen molar-refractivity contribution in [1.29, 1.82) is 0 Å². The highest BCUT2D eigenvalue weighted by Gasteiger charge is 2.27. The number of piperazine rings is 1. The Morgan fingerprint density at radius 3 is 2.84 bits per heavy atom. The number of nitrogen functional groups attached to an aromatic ring is 1. The third kappa shape index (κ3) is 5.42. The quantitative estimate of drug-likeness (QED) is 0.599. The Bertz CT molecular complexity index is 922. The fraction of sp³-hybridized carbons (Fsp3) is 0.500. The summed E-state index contributed by atoms with van der Waals surface area (Å²) in [6, 6.07) is 7.53. The summed E-state index contributed by atoms with van der Waals surface area (Å²) in [5.41, 5.74) is 7.84. The number of benzene rings is 1. The monoisotopic (exact) mass is 428 g/mol. The molecule has 0 saturated carbocycles. The van der Waals surface area contributed by atoms with Crippen molar-refractivity contribution in [3.05, 3.63) is 29.8 Å². The molecular formula is C22H32N6O3. The van der Waals surface area contributed by atoms with E-state index in [1.807, 2.05) is 43.0 Å². The minimum absolute atomic E-state index is 0.0865. The second kappa shape index (κ2) is 9.93. The lowest BCUT2D eigenvalue weighted by Crippen LogP contribution is -2.53. The third-order valence-electron chi connectivity index (χ3n) is 5.46. The molecule has 1 aromatic carbocycles. The lowest BCUT2D eigenvalue weighted by Gasteiger charge is -2.40. The molecule has 0 radical (unpaired) electrons. The first-order chi connectivity index (χ1) is 14.8. The number of nitrogens with two attached hydrogens (primary N) is 1. The zero-order valence-corrected chi connectivity index (χ0v) is 18.6. The largest absolute Gasteiger partial charge is 0.491 e. The van der Waals surface area contributed by atoms with Crippen LogP contribution >= 0.6 is 0 Å². The topological polar surface area (TPSA) is 117 Å². The number of aromatic nitrogens is 2. The first-order valence-electron chi connectivity index (χ1n) is 10.5. The molecule has 0 bridgehead atoms.